The van der Waals surface area contributed by atoms with Crippen LogP contribution in [-0.4, -0.2) is 58.8 Å². The summed E-state index contributed by atoms with van der Waals surface area (Å²) in [6.07, 6.45) is 3.10. The van der Waals surface area contributed by atoms with Crippen LogP contribution in [-0.2, 0) is 24.2 Å². The van der Waals surface area contributed by atoms with Crippen LogP contribution in [0, 0.1) is 5.82 Å². The van der Waals surface area contributed by atoms with E-state index in [1.54, 1.807) is 23.1 Å². The van der Waals surface area contributed by atoms with Crippen molar-refractivity contribution in [2.75, 3.05) is 48.4 Å². The maximum atomic E-state index is 15.2. The molecule has 220 valence electrons. The van der Waals surface area contributed by atoms with Crippen LogP contribution in [0.3, 0.4) is 0 Å². The number of fused-ring (bicyclic) bond motifs is 1. The Bertz CT molecular complexity index is 1700. The maximum Gasteiger partial charge on any atom is 0.261 e. The van der Waals surface area contributed by atoms with Gasteiger partial charge in [-0.05, 0) is 66.1 Å². The minimum absolute atomic E-state index is 0.0649. The molecular weight excluding hydrogens is 547 g/mol. The van der Waals surface area contributed by atoms with Crippen molar-refractivity contribution in [3.05, 3.63) is 94.1 Å². The van der Waals surface area contributed by atoms with E-state index in [9.17, 15) is 9.90 Å². The number of nitrogen functional groups attached to an aromatic ring is 1. The van der Waals surface area contributed by atoms with Gasteiger partial charge in [-0.3, -0.25) is 4.79 Å². The van der Waals surface area contributed by atoms with Gasteiger partial charge in [0, 0.05) is 42.9 Å². The van der Waals surface area contributed by atoms with Crippen LogP contribution < -0.4 is 15.5 Å². The zero-order valence-electron chi connectivity index (χ0n) is 23.8. The van der Waals surface area contributed by atoms with Gasteiger partial charge in [0.1, 0.15) is 11.6 Å². The van der Waals surface area contributed by atoms with Gasteiger partial charge in [-0.25, -0.2) is 9.37 Å². The number of nitrogens with zero attached hydrogens (tertiary/aromatic N) is 5. The number of aromatic nitrogens is 3. The first-order valence-corrected chi connectivity index (χ1v) is 14.8. The molecule has 43 heavy (non-hydrogen) atoms. The smallest absolute Gasteiger partial charge is 0.261 e. The number of amides is 1. The summed E-state index contributed by atoms with van der Waals surface area (Å²) in [6.45, 7) is 3.09. The molecule has 2 aliphatic heterocycles. The van der Waals surface area contributed by atoms with Crippen molar-refractivity contribution in [3.8, 4) is 11.4 Å². The van der Waals surface area contributed by atoms with Crippen LogP contribution in [0.15, 0.2) is 54.6 Å². The van der Waals surface area contributed by atoms with Crippen LogP contribution in [0.4, 0.5) is 21.7 Å². The summed E-state index contributed by atoms with van der Waals surface area (Å²) in [5.41, 5.74) is 11.6. The van der Waals surface area contributed by atoms with Gasteiger partial charge in [-0.15, -0.1) is 0 Å². The minimum atomic E-state index is -0.483. The highest BCUT2D eigenvalue weighted by Crippen LogP contribution is 2.42. The Morgan fingerprint density at radius 3 is 2.60 bits per heavy atom. The number of benzene rings is 3. The van der Waals surface area contributed by atoms with Crippen molar-refractivity contribution in [2.45, 2.75) is 38.2 Å². The SMILES string of the molecule is Nc1nc(Cc2cccc(N3CCOCC3)c2)nc(-c2cccc(N3CCc4cc(C5CC5)cc(F)c4C3=O)c2CO)n1. The van der Waals surface area contributed by atoms with Gasteiger partial charge in [0.15, 0.2) is 5.82 Å². The maximum absolute atomic E-state index is 15.2. The Balaban J connectivity index is 1.19. The van der Waals surface area contributed by atoms with Gasteiger partial charge in [0.2, 0.25) is 5.95 Å². The summed E-state index contributed by atoms with van der Waals surface area (Å²) < 4.78 is 20.7. The topological polar surface area (TPSA) is 118 Å². The third-order valence-electron chi connectivity index (χ3n) is 8.50. The lowest BCUT2D eigenvalue weighted by atomic mass is 9.93. The number of carbonyl (C=O) groups is 1. The molecule has 2 fully saturated rings. The zero-order chi connectivity index (χ0) is 29.5. The molecule has 4 aromatic rings. The summed E-state index contributed by atoms with van der Waals surface area (Å²) in [4.78, 5) is 31.0. The first-order valence-electron chi connectivity index (χ1n) is 14.8. The first kappa shape index (κ1) is 27.4. The molecule has 1 amide bonds. The van der Waals surface area contributed by atoms with Crippen molar-refractivity contribution in [3.63, 3.8) is 0 Å². The van der Waals surface area contributed by atoms with Crippen LogP contribution in [0.2, 0.25) is 0 Å². The van der Waals surface area contributed by atoms with Gasteiger partial charge in [0.25, 0.3) is 5.91 Å². The molecule has 3 aliphatic rings. The van der Waals surface area contributed by atoms with Crippen molar-refractivity contribution in [1.82, 2.24) is 15.0 Å². The van der Waals surface area contributed by atoms with Crippen LogP contribution in [0.1, 0.15) is 57.2 Å². The summed E-state index contributed by atoms with van der Waals surface area (Å²) in [6, 6.07) is 17.1. The van der Waals surface area contributed by atoms with Gasteiger partial charge < -0.3 is 25.4 Å². The fraction of sp³-hybridized carbons (Fsp3) is 0.333. The molecule has 7 rings (SSSR count). The Kier molecular flexibility index (Phi) is 7.24. The molecule has 9 nitrogen and oxygen atoms in total. The van der Waals surface area contributed by atoms with E-state index >= 15 is 4.39 Å². The second-order valence-electron chi connectivity index (χ2n) is 11.4. The molecule has 3 aromatic carbocycles. The number of morpholine rings is 1. The van der Waals surface area contributed by atoms with E-state index in [0.29, 0.717) is 67.0 Å². The monoisotopic (exact) mass is 580 g/mol. The van der Waals surface area contributed by atoms with E-state index in [1.807, 2.05) is 18.2 Å². The van der Waals surface area contributed by atoms with Crippen LogP contribution in [0.25, 0.3) is 11.4 Å². The molecule has 0 bridgehead atoms. The van der Waals surface area contributed by atoms with Crippen molar-refractivity contribution in [1.29, 1.82) is 0 Å². The van der Waals surface area contributed by atoms with Crippen molar-refractivity contribution < 1.29 is 19.0 Å². The molecule has 10 heteroatoms. The molecular formula is C33H33FN6O3. The highest BCUT2D eigenvalue weighted by molar-refractivity contribution is 6.09. The summed E-state index contributed by atoms with van der Waals surface area (Å²) in [7, 11) is 0. The predicted molar refractivity (Wildman–Crippen MR) is 162 cm³/mol. The van der Waals surface area contributed by atoms with E-state index in [-0.39, 0.29) is 18.1 Å². The van der Waals surface area contributed by atoms with E-state index in [0.717, 1.165) is 48.3 Å². The Hall–Kier alpha value is -4.41. The second kappa shape index (κ2) is 11.3. The number of aliphatic hydroxyl groups excluding tert-OH is 1. The highest BCUT2D eigenvalue weighted by atomic mass is 19.1. The third-order valence-corrected chi connectivity index (χ3v) is 8.50. The molecule has 1 aliphatic carbocycles. The number of hydrogen-bond acceptors (Lipinski definition) is 8. The molecule has 3 N–H and O–H groups in total. The fourth-order valence-corrected chi connectivity index (χ4v) is 6.18. The fourth-order valence-electron chi connectivity index (χ4n) is 6.18. The van der Waals surface area contributed by atoms with Gasteiger partial charge in [-0.2, -0.15) is 9.97 Å². The van der Waals surface area contributed by atoms with Crippen LogP contribution >= 0.6 is 0 Å². The molecule has 0 radical (unpaired) electrons. The molecule has 1 aromatic heterocycles. The molecule has 0 unspecified atom stereocenters. The number of hydrogen-bond donors (Lipinski definition) is 2. The van der Waals surface area contributed by atoms with Gasteiger partial charge >= 0.3 is 0 Å². The number of anilines is 3. The highest BCUT2D eigenvalue weighted by Gasteiger charge is 2.33. The van der Waals surface area contributed by atoms with Gasteiger partial charge in [0.05, 0.1) is 31.1 Å². The average molecular weight is 581 g/mol. The van der Waals surface area contributed by atoms with Gasteiger partial charge in [-0.1, -0.05) is 30.3 Å². The normalized spacial score (nSPS) is 16.8. The molecule has 0 atom stereocenters. The molecule has 1 saturated carbocycles. The number of halogens is 1. The third kappa shape index (κ3) is 5.44. The predicted octanol–water partition coefficient (Wildman–Crippen LogP) is 4.26. The first-order chi connectivity index (χ1) is 21.0. The largest absolute Gasteiger partial charge is 0.392 e. The lowest BCUT2D eigenvalue weighted by Gasteiger charge is -2.31. The molecule has 1 saturated heterocycles. The van der Waals surface area contributed by atoms with E-state index in [4.69, 9.17) is 15.5 Å². The lowest BCUT2D eigenvalue weighted by molar-refractivity contribution is 0.0976. The summed E-state index contributed by atoms with van der Waals surface area (Å²) in [5.74, 6) is 0.370. The summed E-state index contributed by atoms with van der Waals surface area (Å²) >= 11 is 0. The number of rotatable bonds is 7. The number of nitrogens with two attached hydrogens (primary N) is 1. The van der Waals surface area contributed by atoms with E-state index < -0.39 is 11.7 Å². The van der Waals surface area contributed by atoms with Crippen molar-refractivity contribution in [2.24, 2.45) is 0 Å². The average Bonchev–Trinajstić information content (AvgIpc) is 3.87. The van der Waals surface area contributed by atoms with E-state index in [1.165, 1.54) is 6.07 Å². The standard InChI is InChI=1S/C33H33FN6O3/c34-27-18-23(21-7-8-21)17-22-9-10-40(32(42)30(22)27)28-6-2-5-25(26(28)19-41)31-36-29(37-33(35)38-31)16-20-3-1-4-24(15-20)39-11-13-43-14-12-39/h1-6,15,17-18,21,41H,7-14,16,19H2,(H2,35,36,37,38). The number of carbonyl (C=O) groups excluding carboxylic acids is 1. The quantitative estimate of drug-likeness (QED) is 0.333. The second-order valence-corrected chi connectivity index (χ2v) is 11.4. The molecule has 0 spiro atoms. The van der Waals surface area contributed by atoms with Crippen LogP contribution in [0.5, 0.6) is 0 Å². The Morgan fingerprint density at radius 2 is 1.81 bits per heavy atom. The minimum Gasteiger partial charge on any atom is -0.392 e. The Labute approximate surface area is 249 Å². The molecule has 3 heterocycles. The summed E-state index contributed by atoms with van der Waals surface area (Å²) in [5, 5.41) is 10.5. The zero-order valence-corrected chi connectivity index (χ0v) is 23.8. The van der Waals surface area contributed by atoms with Crippen molar-refractivity contribution >= 4 is 23.2 Å². The lowest BCUT2D eigenvalue weighted by Crippen LogP contribution is -2.39. The number of aliphatic hydroxyl groups is 1. The van der Waals surface area contributed by atoms with E-state index in [2.05, 4.69) is 27.0 Å². The Morgan fingerprint density at radius 1 is 1.00 bits per heavy atom. The number of ether oxygens (including phenoxy) is 1.